The summed E-state index contributed by atoms with van der Waals surface area (Å²) >= 11 is 0. The average molecular weight is 454 g/mol. The number of ketones is 2. The molecule has 0 spiro atoms. The number of nitrogens with two attached hydrogens (primary N) is 1. The first-order chi connectivity index (χ1) is 10.0. The summed E-state index contributed by atoms with van der Waals surface area (Å²) in [5, 5.41) is 9.98. The zero-order valence-corrected chi connectivity index (χ0v) is 16.9. The van der Waals surface area contributed by atoms with E-state index in [-0.39, 0.29) is 64.6 Å². The molecule has 0 radical (unpaired) electrons. The first-order valence-corrected chi connectivity index (χ1v) is 7.08. The van der Waals surface area contributed by atoms with E-state index in [1.807, 2.05) is 21.1 Å². The maximum Gasteiger partial charge on any atom is 0.165 e. The number of aliphatic hydroxyl groups is 1. The van der Waals surface area contributed by atoms with Crippen LogP contribution in [0.15, 0.2) is 12.1 Å². The molecule has 1 atom stereocenters. The molecule has 0 aliphatic carbocycles. The van der Waals surface area contributed by atoms with Gasteiger partial charge in [0.15, 0.2) is 11.6 Å². The second kappa shape index (κ2) is 9.92. The highest BCUT2D eigenvalue weighted by Gasteiger charge is 2.20. The minimum Gasteiger partial charge on any atom is -1.00 e. The molecule has 8 heteroatoms. The first-order valence-electron chi connectivity index (χ1n) is 7.08. The van der Waals surface area contributed by atoms with E-state index in [2.05, 4.69) is 0 Å². The van der Waals surface area contributed by atoms with Gasteiger partial charge < -0.3 is 49.5 Å². The number of hydrogen-bond acceptors (Lipinski definition) is 5. The number of nitrogen functional groups attached to an aromatic ring is 1. The number of halogens is 1. The zero-order valence-electron chi connectivity index (χ0n) is 14.7. The molecule has 5 N–H and O–H groups in total. The maximum absolute atomic E-state index is 11.8. The third kappa shape index (κ3) is 7.12. The molecule has 0 aliphatic rings. The smallest absolute Gasteiger partial charge is 0.165 e. The van der Waals surface area contributed by atoms with Crippen molar-refractivity contribution in [1.29, 1.82) is 0 Å². The number of anilines is 1. The minimum atomic E-state index is -0.673. The standard InChI is InChI=1S/C16H24N2O4.HI.H2O/c1-10(19)13-6-7-14(15(11(2)20)16(13)17)22-9-12(21)8-18(3,4)5;;/h6-7,12,21H,8-9H2,1-5H3,(H-,17,19,20);1H;1H2. The van der Waals surface area contributed by atoms with Crippen LogP contribution in [0.25, 0.3) is 0 Å². The van der Waals surface area contributed by atoms with Gasteiger partial charge in [-0.3, -0.25) is 9.59 Å². The summed E-state index contributed by atoms with van der Waals surface area (Å²) < 4.78 is 6.14. The molecular weight excluding hydrogens is 427 g/mol. The Morgan fingerprint density at radius 2 is 1.75 bits per heavy atom. The lowest BCUT2D eigenvalue weighted by Crippen LogP contribution is -3.00. The highest BCUT2D eigenvalue weighted by molar-refractivity contribution is 6.08. The van der Waals surface area contributed by atoms with E-state index in [0.29, 0.717) is 16.6 Å². The molecule has 1 rings (SSSR count). The Hall–Kier alpha value is -1.23. The summed E-state index contributed by atoms with van der Waals surface area (Å²) in [6.07, 6.45) is -0.673. The van der Waals surface area contributed by atoms with Crippen molar-refractivity contribution >= 4 is 17.3 Å². The molecule has 24 heavy (non-hydrogen) atoms. The molecule has 0 heterocycles. The highest BCUT2D eigenvalue weighted by atomic mass is 127. The second-order valence-electron chi connectivity index (χ2n) is 6.45. The van der Waals surface area contributed by atoms with Crippen LogP contribution in [0.4, 0.5) is 5.69 Å². The van der Waals surface area contributed by atoms with Crippen LogP contribution in [-0.2, 0) is 0 Å². The number of nitrogens with zero attached hydrogens (tertiary/aromatic N) is 1. The summed E-state index contributed by atoms with van der Waals surface area (Å²) in [4.78, 5) is 23.3. The van der Waals surface area contributed by atoms with Crippen molar-refractivity contribution in [3.8, 4) is 5.75 Å². The Kier molecular flexibility index (Phi) is 10.3. The van der Waals surface area contributed by atoms with Gasteiger partial charge in [-0.1, -0.05) is 0 Å². The molecule has 0 aliphatic heterocycles. The quantitative estimate of drug-likeness (QED) is 0.201. The lowest BCUT2D eigenvalue weighted by molar-refractivity contribution is -0.873. The normalized spacial score (nSPS) is 11.8. The van der Waals surface area contributed by atoms with E-state index in [1.165, 1.54) is 19.9 Å². The van der Waals surface area contributed by atoms with E-state index in [1.54, 1.807) is 6.07 Å². The fraction of sp³-hybridized carbons (Fsp3) is 0.500. The van der Waals surface area contributed by atoms with Gasteiger partial charge in [-0.15, -0.1) is 0 Å². The van der Waals surface area contributed by atoms with Crippen molar-refractivity contribution in [2.24, 2.45) is 0 Å². The van der Waals surface area contributed by atoms with Gasteiger partial charge in [0.2, 0.25) is 0 Å². The van der Waals surface area contributed by atoms with Crippen molar-refractivity contribution in [2.75, 3.05) is 40.0 Å². The first kappa shape index (κ1) is 25.0. The van der Waals surface area contributed by atoms with Crippen LogP contribution in [0.2, 0.25) is 0 Å². The molecule has 1 aromatic rings. The van der Waals surface area contributed by atoms with Crippen LogP contribution in [0.5, 0.6) is 5.75 Å². The lowest BCUT2D eigenvalue weighted by atomic mass is 10.0. The van der Waals surface area contributed by atoms with Crippen molar-refractivity contribution in [2.45, 2.75) is 20.0 Å². The monoisotopic (exact) mass is 454 g/mol. The Labute approximate surface area is 159 Å². The van der Waals surface area contributed by atoms with Crippen LogP contribution in [0.1, 0.15) is 34.6 Å². The maximum atomic E-state index is 11.8. The number of quaternary nitrogens is 1. The average Bonchev–Trinajstić information content (AvgIpc) is 2.33. The number of carbonyl (C=O) groups excluding carboxylic acids is 2. The number of likely N-dealkylation sites (N-methyl/N-ethyl adjacent to an activating group) is 1. The highest BCUT2D eigenvalue weighted by Crippen LogP contribution is 2.29. The van der Waals surface area contributed by atoms with Crippen molar-refractivity contribution in [3.05, 3.63) is 23.3 Å². The molecule has 1 aromatic carbocycles. The van der Waals surface area contributed by atoms with E-state index in [9.17, 15) is 14.7 Å². The van der Waals surface area contributed by atoms with Gasteiger partial charge in [-0.05, 0) is 26.0 Å². The van der Waals surface area contributed by atoms with Crippen LogP contribution < -0.4 is 34.4 Å². The predicted octanol–water partition coefficient (Wildman–Crippen LogP) is -2.70. The largest absolute Gasteiger partial charge is 1.00 e. The van der Waals surface area contributed by atoms with Gasteiger partial charge in [-0.2, -0.15) is 0 Å². The molecule has 0 fully saturated rings. The number of ether oxygens (including phenoxy) is 1. The van der Waals surface area contributed by atoms with Gasteiger partial charge in [0.05, 0.1) is 32.4 Å². The fourth-order valence-corrected chi connectivity index (χ4v) is 2.26. The molecule has 0 aromatic heterocycles. The van der Waals surface area contributed by atoms with Gasteiger partial charge >= 0.3 is 0 Å². The Balaban J connectivity index is 0. The van der Waals surface area contributed by atoms with Gasteiger partial charge in [0.1, 0.15) is 25.0 Å². The van der Waals surface area contributed by atoms with Gasteiger partial charge in [0, 0.05) is 5.56 Å². The molecule has 7 nitrogen and oxygen atoms in total. The van der Waals surface area contributed by atoms with Crippen LogP contribution in [-0.4, -0.2) is 67.0 Å². The predicted molar refractivity (Wildman–Crippen MR) is 88.9 cm³/mol. The number of carbonyl (C=O) groups is 2. The Bertz CT molecular complexity index is 585. The second-order valence-corrected chi connectivity index (χ2v) is 6.45. The third-order valence-electron chi connectivity index (χ3n) is 3.13. The zero-order chi connectivity index (χ0) is 17.1. The minimum absolute atomic E-state index is 0. The number of hydrogen-bond donors (Lipinski definition) is 2. The van der Waals surface area contributed by atoms with Gasteiger partial charge in [0.25, 0.3) is 0 Å². The topological polar surface area (TPSA) is 121 Å². The van der Waals surface area contributed by atoms with Crippen LogP contribution in [0, 0.1) is 0 Å². The molecule has 138 valence electrons. The summed E-state index contributed by atoms with van der Waals surface area (Å²) in [5.41, 5.74) is 6.51. The van der Waals surface area contributed by atoms with E-state index >= 15 is 0 Å². The van der Waals surface area contributed by atoms with Crippen molar-refractivity contribution < 1.29 is 53.4 Å². The van der Waals surface area contributed by atoms with Crippen LogP contribution in [0.3, 0.4) is 0 Å². The van der Waals surface area contributed by atoms with Crippen LogP contribution >= 0.6 is 0 Å². The third-order valence-corrected chi connectivity index (χ3v) is 3.13. The fourth-order valence-electron chi connectivity index (χ4n) is 2.26. The van der Waals surface area contributed by atoms with E-state index < -0.39 is 6.10 Å². The molecule has 0 amide bonds. The Morgan fingerprint density at radius 1 is 1.21 bits per heavy atom. The summed E-state index contributed by atoms with van der Waals surface area (Å²) in [5.74, 6) is -0.205. The molecular formula is C16H27IN2O5. The molecule has 1 unspecified atom stereocenters. The number of Topliss-reactive ketones (excluding diaryl/α,β-unsaturated/α-hetero) is 2. The van der Waals surface area contributed by atoms with Gasteiger partial charge in [-0.25, -0.2) is 0 Å². The van der Waals surface area contributed by atoms with Crippen molar-refractivity contribution in [3.63, 3.8) is 0 Å². The molecule has 0 saturated carbocycles. The number of rotatable bonds is 7. The number of benzene rings is 1. The Morgan fingerprint density at radius 3 is 2.17 bits per heavy atom. The summed E-state index contributed by atoms with van der Waals surface area (Å²) in [6, 6.07) is 3.08. The lowest BCUT2D eigenvalue weighted by Gasteiger charge is -2.26. The SMILES string of the molecule is CC(=O)c1ccc(OCC(O)C[N+](C)(C)C)c(C(C)=O)c1N.O.[I-]. The van der Waals surface area contributed by atoms with E-state index in [4.69, 9.17) is 10.5 Å². The van der Waals surface area contributed by atoms with E-state index in [0.717, 1.165) is 0 Å². The molecule has 0 bridgehead atoms. The van der Waals surface area contributed by atoms with Crippen molar-refractivity contribution in [1.82, 2.24) is 0 Å². The molecule has 0 saturated heterocycles. The summed E-state index contributed by atoms with van der Waals surface area (Å²) in [7, 11) is 5.89. The summed E-state index contributed by atoms with van der Waals surface area (Å²) in [6.45, 7) is 3.32. The number of aliphatic hydroxyl groups excluding tert-OH is 1.